The van der Waals surface area contributed by atoms with Gasteiger partial charge in [0.15, 0.2) is 0 Å². The van der Waals surface area contributed by atoms with Crippen molar-refractivity contribution in [3.63, 3.8) is 0 Å². The lowest BCUT2D eigenvalue weighted by Crippen LogP contribution is -2.41. The molecule has 8 heteroatoms. The van der Waals surface area contributed by atoms with Crippen LogP contribution in [-0.4, -0.2) is 40.9 Å². The van der Waals surface area contributed by atoms with Gasteiger partial charge in [-0.15, -0.1) is 0 Å². The van der Waals surface area contributed by atoms with E-state index in [9.17, 15) is 19.1 Å². The molecule has 3 rings (SSSR count). The van der Waals surface area contributed by atoms with Gasteiger partial charge in [0.05, 0.1) is 6.42 Å². The highest BCUT2D eigenvalue weighted by Gasteiger charge is 2.37. The highest BCUT2D eigenvalue weighted by Crippen LogP contribution is 2.25. The van der Waals surface area contributed by atoms with Crippen molar-refractivity contribution in [3.8, 4) is 11.5 Å². The Labute approximate surface area is 167 Å². The Bertz CT molecular complexity index is 839. The summed E-state index contributed by atoms with van der Waals surface area (Å²) in [5, 5.41) is 9.28. The maximum Gasteiger partial charge on any atom is 0.326 e. The zero-order chi connectivity index (χ0) is 21.4. The van der Waals surface area contributed by atoms with Crippen molar-refractivity contribution in [2.75, 3.05) is 6.54 Å². The largest absolute Gasteiger partial charge is 0.480 e. The van der Waals surface area contributed by atoms with E-state index < -0.39 is 12.0 Å². The first kappa shape index (κ1) is 21.9. The predicted molar refractivity (Wildman–Crippen MR) is 104 cm³/mol. The van der Waals surface area contributed by atoms with Gasteiger partial charge in [0, 0.05) is 6.54 Å². The zero-order valence-corrected chi connectivity index (χ0v) is 16.0. The summed E-state index contributed by atoms with van der Waals surface area (Å²) >= 11 is 0. The van der Waals surface area contributed by atoms with Crippen LogP contribution in [0.25, 0.3) is 0 Å². The molecule has 1 saturated heterocycles. The smallest absolute Gasteiger partial charge is 0.326 e. The molecule has 2 atom stereocenters. The zero-order valence-electron chi connectivity index (χ0n) is 16.0. The molecule has 154 valence electrons. The fraction of sp³-hybridized carbons (Fsp3) is 0.286. The first-order chi connectivity index (χ1) is 13.8. The van der Waals surface area contributed by atoms with Gasteiger partial charge in [0.2, 0.25) is 12.3 Å². The second kappa shape index (κ2) is 10.2. The van der Waals surface area contributed by atoms with E-state index in [1.54, 1.807) is 24.3 Å². The molecule has 1 heterocycles. The molecule has 1 fully saturated rings. The molecule has 2 aromatic carbocycles. The van der Waals surface area contributed by atoms with Gasteiger partial charge in [-0.25, -0.2) is 9.18 Å². The molecule has 0 spiro atoms. The summed E-state index contributed by atoms with van der Waals surface area (Å²) in [7, 11) is 0. The molecule has 29 heavy (non-hydrogen) atoms. The average molecular weight is 402 g/mol. The molecular weight excluding hydrogens is 379 g/mol. The van der Waals surface area contributed by atoms with Gasteiger partial charge in [-0.1, -0.05) is 19.1 Å². The third-order valence-electron chi connectivity index (χ3n) is 4.44. The number of likely N-dealkylation sites (tertiary alicyclic amines) is 1. The highest BCUT2D eigenvalue weighted by atomic mass is 19.1. The number of primary amides is 1. The van der Waals surface area contributed by atoms with E-state index in [0.717, 1.165) is 5.56 Å². The lowest BCUT2D eigenvalue weighted by Gasteiger charge is -2.21. The Morgan fingerprint density at radius 3 is 2.21 bits per heavy atom. The summed E-state index contributed by atoms with van der Waals surface area (Å²) in [6, 6.07) is 12.0. The van der Waals surface area contributed by atoms with Crippen LogP contribution in [-0.2, 0) is 20.8 Å². The molecule has 1 unspecified atom stereocenters. The van der Waals surface area contributed by atoms with Crippen LogP contribution in [0.3, 0.4) is 0 Å². The number of rotatable bonds is 5. The van der Waals surface area contributed by atoms with E-state index in [1.165, 1.54) is 29.2 Å². The molecule has 0 saturated carbocycles. The molecule has 3 N–H and O–H groups in total. The number of hydrogen-bond acceptors (Lipinski definition) is 4. The third-order valence-corrected chi connectivity index (χ3v) is 4.44. The lowest BCUT2D eigenvalue weighted by atomic mass is 10.1. The Morgan fingerprint density at radius 1 is 1.17 bits per heavy atom. The average Bonchev–Trinajstić information content (AvgIpc) is 3.08. The standard InChI is InChI=1S/C20H20FNO4.CH3NO/c1-13-10-18(20(24)25)22(12-13)19(23)11-14-2-6-16(7-3-14)26-17-8-4-15(21)5-9-17;2-1-3/h2-9,13,18H,10-12H2,1H3,(H,24,25);1H,(H2,2,3)/t13-,18?;/m1./s1. The minimum Gasteiger partial charge on any atom is -0.480 e. The number of carboxylic acid groups (broad SMARTS) is 1. The SMILES string of the molecule is C[C@@H]1CC(C(=O)O)N(C(=O)Cc2ccc(Oc3ccc(F)cc3)cc2)C1.NC=O. The van der Waals surface area contributed by atoms with E-state index >= 15 is 0 Å². The van der Waals surface area contributed by atoms with Crippen LogP contribution in [0.1, 0.15) is 18.9 Å². The van der Waals surface area contributed by atoms with Gasteiger partial charge in [-0.05, 0) is 54.3 Å². The molecule has 1 aliphatic rings. The van der Waals surface area contributed by atoms with Gasteiger partial charge < -0.3 is 20.5 Å². The Kier molecular flexibility index (Phi) is 7.70. The number of amides is 2. The van der Waals surface area contributed by atoms with Crippen molar-refractivity contribution in [2.45, 2.75) is 25.8 Å². The number of nitrogens with zero attached hydrogens (tertiary/aromatic N) is 1. The topological polar surface area (TPSA) is 110 Å². The molecular formula is C21H23FN2O5. The van der Waals surface area contributed by atoms with E-state index in [-0.39, 0.29) is 30.5 Å². The summed E-state index contributed by atoms with van der Waals surface area (Å²) < 4.78 is 18.5. The van der Waals surface area contributed by atoms with E-state index in [0.29, 0.717) is 24.5 Å². The first-order valence-corrected chi connectivity index (χ1v) is 9.04. The van der Waals surface area contributed by atoms with Gasteiger partial charge in [0.1, 0.15) is 23.4 Å². The Balaban J connectivity index is 0.000000941. The molecule has 2 aromatic rings. The molecule has 1 aliphatic heterocycles. The number of carbonyl (C=O) groups is 3. The first-order valence-electron chi connectivity index (χ1n) is 9.04. The van der Waals surface area contributed by atoms with E-state index in [1.807, 2.05) is 6.92 Å². The quantitative estimate of drug-likeness (QED) is 0.747. The van der Waals surface area contributed by atoms with E-state index in [2.05, 4.69) is 5.73 Å². The number of aliphatic carboxylic acids is 1. The summed E-state index contributed by atoms with van der Waals surface area (Å²) in [4.78, 5) is 33.8. The molecule has 0 aromatic heterocycles. The minimum absolute atomic E-state index is 0.146. The van der Waals surface area contributed by atoms with Gasteiger partial charge in [0.25, 0.3) is 0 Å². The second-order valence-corrected chi connectivity index (χ2v) is 6.75. The highest BCUT2D eigenvalue weighted by molar-refractivity contribution is 5.85. The monoisotopic (exact) mass is 402 g/mol. The number of nitrogens with two attached hydrogens (primary N) is 1. The van der Waals surface area contributed by atoms with Crippen molar-refractivity contribution in [1.82, 2.24) is 4.90 Å². The lowest BCUT2D eigenvalue weighted by molar-refractivity contribution is -0.148. The van der Waals surface area contributed by atoms with Crippen LogP contribution in [0, 0.1) is 11.7 Å². The van der Waals surface area contributed by atoms with Crippen molar-refractivity contribution in [1.29, 1.82) is 0 Å². The molecule has 0 aliphatic carbocycles. The molecule has 2 amide bonds. The van der Waals surface area contributed by atoms with E-state index in [4.69, 9.17) is 9.53 Å². The Hall–Kier alpha value is -3.42. The second-order valence-electron chi connectivity index (χ2n) is 6.75. The minimum atomic E-state index is -0.953. The van der Waals surface area contributed by atoms with Crippen LogP contribution in [0.15, 0.2) is 48.5 Å². The van der Waals surface area contributed by atoms with Gasteiger partial charge in [-0.3, -0.25) is 9.59 Å². The number of carboxylic acids is 1. The number of hydrogen-bond donors (Lipinski definition) is 2. The van der Waals surface area contributed by atoms with Crippen LogP contribution >= 0.6 is 0 Å². The maximum atomic E-state index is 12.9. The summed E-state index contributed by atoms with van der Waals surface area (Å²) in [6.07, 6.45) is 0.888. The van der Waals surface area contributed by atoms with Gasteiger partial charge >= 0.3 is 5.97 Å². The third kappa shape index (κ3) is 6.31. The van der Waals surface area contributed by atoms with Crippen LogP contribution in [0.4, 0.5) is 4.39 Å². The van der Waals surface area contributed by atoms with Gasteiger partial charge in [-0.2, -0.15) is 0 Å². The van der Waals surface area contributed by atoms with Crippen molar-refractivity contribution in [3.05, 3.63) is 59.9 Å². The molecule has 0 radical (unpaired) electrons. The fourth-order valence-corrected chi connectivity index (χ4v) is 3.15. The van der Waals surface area contributed by atoms with Crippen molar-refractivity contribution >= 4 is 18.3 Å². The summed E-state index contributed by atoms with van der Waals surface area (Å²) in [5.74, 6) is -0.190. The summed E-state index contributed by atoms with van der Waals surface area (Å²) in [5.41, 5.74) is 4.95. The van der Waals surface area contributed by atoms with Crippen molar-refractivity contribution in [2.24, 2.45) is 11.7 Å². The number of ether oxygens (including phenoxy) is 1. The number of benzene rings is 2. The van der Waals surface area contributed by atoms with Crippen LogP contribution < -0.4 is 10.5 Å². The molecule has 0 bridgehead atoms. The van der Waals surface area contributed by atoms with Crippen LogP contribution in [0.2, 0.25) is 0 Å². The normalized spacial score (nSPS) is 17.8. The van der Waals surface area contributed by atoms with Crippen LogP contribution in [0.5, 0.6) is 11.5 Å². The number of halogens is 1. The summed E-state index contributed by atoms with van der Waals surface area (Å²) in [6.45, 7) is 2.42. The Morgan fingerprint density at radius 2 is 1.69 bits per heavy atom. The maximum absolute atomic E-state index is 12.9. The fourth-order valence-electron chi connectivity index (χ4n) is 3.15. The molecule has 7 nitrogen and oxygen atoms in total. The predicted octanol–water partition coefficient (Wildman–Crippen LogP) is 2.58. The van der Waals surface area contributed by atoms with Crippen molar-refractivity contribution < 1.29 is 28.6 Å². The number of carbonyl (C=O) groups excluding carboxylic acids is 2.